The van der Waals surface area contributed by atoms with E-state index in [2.05, 4.69) is 64.2 Å². The molecule has 0 aliphatic rings. The maximum atomic E-state index is 5.87. The molecule has 5 heteroatoms. The molecule has 0 atom stereocenters. The van der Waals surface area contributed by atoms with Gasteiger partial charge in [0, 0.05) is 36.6 Å². The molecule has 0 saturated heterocycles. The molecule has 0 saturated carbocycles. The molecule has 0 amide bonds. The van der Waals surface area contributed by atoms with Crippen molar-refractivity contribution in [2.24, 2.45) is 0 Å². The van der Waals surface area contributed by atoms with E-state index in [0.717, 1.165) is 28.2 Å². The summed E-state index contributed by atoms with van der Waals surface area (Å²) in [5, 5.41) is 0. The largest absolute Gasteiger partial charge is 0.361 e. The van der Waals surface area contributed by atoms with E-state index < -0.39 is 8.07 Å². The SMILES string of the molecule is Cc1cnc(-c2cccc(Br)c2)n1COCC[Si](C)(C)C. The normalized spacial score (nSPS) is 11.9. The highest BCUT2D eigenvalue weighted by molar-refractivity contribution is 9.10. The Kier molecular flexibility index (Phi) is 5.41. The maximum Gasteiger partial charge on any atom is 0.142 e. The molecule has 21 heavy (non-hydrogen) atoms. The molecular formula is C16H23BrN2OSi. The third kappa shape index (κ3) is 4.80. The van der Waals surface area contributed by atoms with E-state index in [9.17, 15) is 0 Å². The average molecular weight is 367 g/mol. The van der Waals surface area contributed by atoms with Crippen molar-refractivity contribution in [3.63, 3.8) is 0 Å². The van der Waals surface area contributed by atoms with Crippen LogP contribution < -0.4 is 0 Å². The van der Waals surface area contributed by atoms with E-state index in [1.165, 1.54) is 6.04 Å². The second kappa shape index (κ2) is 6.90. The van der Waals surface area contributed by atoms with Crippen LogP contribution in [0.3, 0.4) is 0 Å². The van der Waals surface area contributed by atoms with E-state index >= 15 is 0 Å². The van der Waals surface area contributed by atoms with Crippen LogP contribution in [0.2, 0.25) is 25.7 Å². The smallest absolute Gasteiger partial charge is 0.142 e. The predicted molar refractivity (Wildman–Crippen MR) is 94.2 cm³/mol. The Hall–Kier alpha value is -0.913. The molecule has 0 radical (unpaired) electrons. The number of nitrogens with zero attached hydrogens (tertiary/aromatic N) is 2. The van der Waals surface area contributed by atoms with Crippen LogP contribution in [0.15, 0.2) is 34.9 Å². The number of ether oxygens (including phenoxy) is 1. The van der Waals surface area contributed by atoms with E-state index in [4.69, 9.17) is 4.74 Å². The summed E-state index contributed by atoms with van der Waals surface area (Å²) in [5.41, 5.74) is 2.23. The zero-order valence-corrected chi connectivity index (χ0v) is 15.8. The van der Waals surface area contributed by atoms with E-state index in [1.54, 1.807) is 0 Å². The Bertz CT molecular complexity index is 605. The molecule has 0 unspecified atom stereocenters. The fourth-order valence-corrected chi connectivity index (χ4v) is 3.17. The van der Waals surface area contributed by atoms with Gasteiger partial charge in [0.1, 0.15) is 12.6 Å². The first-order chi connectivity index (χ1) is 9.87. The lowest BCUT2D eigenvalue weighted by molar-refractivity contribution is 0.0870. The van der Waals surface area contributed by atoms with Gasteiger partial charge in [-0.2, -0.15) is 0 Å². The predicted octanol–water partition coefficient (Wildman–Crippen LogP) is 4.93. The van der Waals surface area contributed by atoms with Crippen molar-refractivity contribution in [1.82, 2.24) is 9.55 Å². The molecule has 1 heterocycles. The first kappa shape index (κ1) is 16.5. The van der Waals surface area contributed by atoms with Crippen LogP contribution in [0.5, 0.6) is 0 Å². The molecule has 0 bridgehead atoms. The molecule has 1 aromatic heterocycles. The minimum atomic E-state index is -1.03. The summed E-state index contributed by atoms with van der Waals surface area (Å²) in [6, 6.07) is 9.40. The number of hydrogen-bond donors (Lipinski definition) is 0. The molecule has 0 aliphatic heterocycles. The molecule has 2 aromatic rings. The van der Waals surface area contributed by atoms with Crippen molar-refractivity contribution >= 4 is 24.0 Å². The maximum absolute atomic E-state index is 5.87. The van der Waals surface area contributed by atoms with Gasteiger partial charge in [0.15, 0.2) is 0 Å². The van der Waals surface area contributed by atoms with Crippen molar-refractivity contribution in [3.05, 3.63) is 40.6 Å². The molecule has 0 aliphatic carbocycles. The van der Waals surface area contributed by atoms with Gasteiger partial charge in [-0.15, -0.1) is 0 Å². The fourth-order valence-electron chi connectivity index (χ4n) is 2.02. The number of imidazole rings is 1. The van der Waals surface area contributed by atoms with Crippen LogP contribution in [0, 0.1) is 6.92 Å². The number of aromatic nitrogens is 2. The van der Waals surface area contributed by atoms with Crippen LogP contribution in [0.1, 0.15) is 5.69 Å². The second-order valence-electron chi connectivity index (χ2n) is 6.51. The molecule has 114 valence electrons. The fraction of sp³-hybridized carbons (Fsp3) is 0.438. The van der Waals surface area contributed by atoms with Gasteiger partial charge in [-0.1, -0.05) is 47.7 Å². The van der Waals surface area contributed by atoms with Gasteiger partial charge in [0.25, 0.3) is 0 Å². The topological polar surface area (TPSA) is 27.1 Å². The van der Waals surface area contributed by atoms with Crippen molar-refractivity contribution in [2.45, 2.75) is 39.3 Å². The summed E-state index contributed by atoms with van der Waals surface area (Å²) in [5.74, 6) is 0.960. The number of rotatable bonds is 6. The van der Waals surface area contributed by atoms with Crippen LogP contribution in [-0.2, 0) is 11.5 Å². The van der Waals surface area contributed by atoms with E-state index in [1.807, 2.05) is 18.3 Å². The zero-order valence-electron chi connectivity index (χ0n) is 13.2. The molecular weight excluding hydrogens is 344 g/mol. The highest BCUT2D eigenvalue weighted by atomic mass is 79.9. The van der Waals surface area contributed by atoms with E-state index in [0.29, 0.717) is 6.73 Å². The van der Waals surface area contributed by atoms with Gasteiger partial charge in [0.2, 0.25) is 0 Å². The van der Waals surface area contributed by atoms with Crippen molar-refractivity contribution in [3.8, 4) is 11.4 Å². The van der Waals surface area contributed by atoms with Gasteiger partial charge >= 0.3 is 0 Å². The summed E-state index contributed by atoms with van der Waals surface area (Å²) in [4.78, 5) is 4.53. The summed E-state index contributed by atoms with van der Waals surface area (Å²) in [6.07, 6.45) is 1.90. The Labute approximate surface area is 136 Å². The molecule has 0 N–H and O–H groups in total. The van der Waals surface area contributed by atoms with E-state index in [-0.39, 0.29) is 0 Å². The molecule has 3 nitrogen and oxygen atoms in total. The van der Waals surface area contributed by atoms with Crippen LogP contribution >= 0.6 is 15.9 Å². The minimum absolute atomic E-state index is 0.568. The van der Waals surface area contributed by atoms with Crippen LogP contribution in [-0.4, -0.2) is 24.2 Å². The highest BCUT2D eigenvalue weighted by Crippen LogP contribution is 2.23. The lowest BCUT2D eigenvalue weighted by Crippen LogP contribution is -2.22. The number of hydrogen-bond acceptors (Lipinski definition) is 2. The minimum Gasteiger partial charge on any atom is -0.361 e. The van der Waals surface area contributed by atoms with Crippen LogP contribution in [0.25, 0.3) is 11.4 Å². The standard InChI is InChI=1S/C16H23BrN2OSi/c1-13-11-18-16(14-6-5-7-15(17)10-14)19(13)12-20-8-9-21(2,3)4/h5-7,10-11H,8-9,12H2,1-4H3. The van der Waals surface area contributed by atoms with Crippen molar-refractivity contribution < 1.29 is 4.74 Å². The summed E-state index contributed by atoms with van der Waals surface area (Å²) in [6.45, 7) is 10.6. The summed E-state index contributed by atoms with van der Waals surface area (Å²) >= 11 is 3.51. The molecule has 0 spiro atoms. The highest BCUT2D eigenvalue weighted by Gasteiger charge is 2.13. The Morgan fingerprint density at radius 3 is 2.71 bits per heavy atom. The summed E-state index contributed by atoms with van der Waals surface area (Å²) in [7, 11) is -1.03. The monoisotopic (exact) mass is 366 g/mol. The summed E-state index contributed by atoms with van der Waals surface area (Å²) < 4.78 is 9.07. The molecule has 0 fully saturated rings. The van der Waals surface area contributed by atoms with Crippen molar-refractivity contribution in [1.29, 1.82) is 0 Å². The average Bonchev–Trinajstić information content (AvgIpc) is 2.75. The first-order valence-electron chi connectivity index (χ1n) is 7.23. The Balaban J connectivity index is 2.08. The number of aryl methyl sites for hydroxylation is 1. The van der Waals surface area contributed by atoms with Gasteiger partial charge in [0.05, 0.1) is 0 Å². The number of halogens is 1. The van der Waals surface area contributed by atoms with Gasteiger partial charge in [-0.3, -0.25) is 0 Å². The number of benzene rings is 1. The van der Waals surface area contributed by atoms with Crippen LogP contribution in [0.4, 0.5) is 0 Å². The van der Waals surface area contributed by atoms with Gasteiger partial charge < -0.3 is 9.30 Å². The van der Waals surface area contributed by atoms with Gasteiger partial charge in [-0.05, 0) is 25.1 Å². The van der Waals surface area contributed by atoms with Gasteiger partial charge in [-0.25, -0.2) is 4.98 Å². The second-order valence-corrected chi connectivity index (χ2v) is 13.0. The Morgan fingerprint density at radius 1 is 1.29 bits per heavy atom. The molecule has 1 aromatic carbocycles. The first-order valence-corrected chi connectivity index (χ1v) is 11.7. The third-order valence-corrected chi connectivity index (χ3v) is 5.55. The third-order valence-electron chi connectivity index (χ3n) is 3.35. The lowest BCUT2D eigenvalue weighted by Gasteiger charge is -2.16. The lowest BCUT2D eigenvalue weighted by atomic mass is 10.2. The van der Waals surface area contributed by atoms with Crippen molar-refractivity contribution in [2.75, 3.05) is 6.61 Å². The zero-order chi connectivity index (χ0) is 15.5. The quantitative estimate of drug-likeness (QED) is 0.535. The molecule has 2 rings (SSSR count). The Morgan fingerprint density at radius 2 is 2.05 bits per heavy atom.